The van der Waals surface area contributed by atoms with Crippen LogP contribution in [0.1, 0.15) is 20.3 Å². The van der Waals surface area contributed by atoms with Gasteiger partial charge in [-0.3, -0.25) is 18.7 Å². The lowest BCUT2D eigenvalue weighted by atomic mass is 9.89. The fraction of sp³-hybridized carbons (Fsp3) is 0.750. The minimum Gasteiger partial charge on any atom is -0.481 e. The topological polar surface area (TPSA) is 190 Å². The van der Waals surface area contributed by atoms with Gasteiger partial charge in [0, 0.05) is 6.42 Å². The monoisotopic (exact) mass is 334 g/mol. The molecule has 0 saturated heterocycles. The van der Waals surface area contributed by atoms with Crippen LogP contribution in [-0.4, -0.2) is 52.5 Å². The Morgan fingerprint density at radius 3 is 1.60 bits per heavy atom. The van der Waals surface area contributed by atoms with Crippen molar-refractivity contribution >= 4 is 27.1 Å². The molecule has 2 atom stereocenters. The van der Waals surface area contributed by atoms with E-state index in [9.17, 15) is 28.5 Å². The standard InChI is InChI=1S/C8H16O10P2/c1-4(2)8(7(11)12,20(16,17)18)3-5(6(9)10)19(13,14)15/h4-5H,3H2,1-2H3,(H,9,10)(H,11,12)(H2,13,14,15)(H2,16,17,18). The Bertz CT molecular complexity index is 487. The van der Waals surface area contributed by atoms with Gasteiger partial charge in [-0.15, -0.1) is 0 Å². The minimum absolute atomic E-state index is 1.12. The lowest BCUT2D eigenvalue weighted by Crippen LogP contribution is -2.47. The van der Waals surface area contributed by atoms with E-state index >= 15 is 0 Å². The molecule has 6 N–H and O–H groups in total. The van der Waals surface area contributed by atoms with E-state index in [-0.39, 0.29) is 0 Å². The summed E-state index contributed by atoms with van der Waals surface area (Å²) >= 11 is 0. The molecule has 0 aromatic heterocycles. The molecule has 118 valence electrons. The van der Waals surface area contributed by atoms with Gasteiger partial charge in [0.2, 0.25) is 0 Å². The number of carboxylic acid groups (broad SMARTS) is 2. The van der Waals surface area contributed by atoms with Gasteiger partial charge in [-0.25, -0.2) is 0 Å². The van der Waals surface area contributed by atoms with Gasteiger partial charge in [0.25, 0.3) is 0 Å². The molecule has 0 spiro atoms. The quantitative estimate of drug-likeness (QED) is 0.336. The molecule has 0 aromatic rings. The molecule has 0 radical (unpaired) electrons. The fourth-order valence-corrected chi connectivity index (χ4v) is 4.09. The maximum Gasteiger partial charge on any atom is 0.343 e. The van der Waals surface area contributed by atoms with Crippen LogP contribution < -0.4 is 0 Å². The van der Waals surface area contributed by atoms with Gasteiger partial charge >= 0.3 is 27.1 Å². The molecule has 0 heterocycles. The highest BCUT2D eigenvalue weighted by molar-refractivity contribution is 7.55. The van der Waals surface area contributed by atoms with E-state index in [1.165, 1.54) is 0 Å². The first-order valence-corrected chi connectivity index (χ1v) is 8.54. The van der Waals surface area contributed by atoms with Gasteiger partial charge in [0.05, 0.1) is 0 Å². The molecule has 0 bridgehead atoms. The van der Waals surface area contributed by atoms with Crippen molar-refractivity contribution in [2.24, 2.45) is 5.92 Å². The minimum atomic E-state index is -5.39. The van der Waals surface area contributed by atoms with E-state index in [2.05, 4.69) is 0 Å². The van der Waals surface area contributed by atoms with Crippen molar-refractivity contribution in [1.29, 1.82) is 0 Å². The number of carboxylic acids is 2. The third-order valence-electron chi connectivity index (χ3n) is 3.04. The molecule has 0 aliphatic carbocycles. The second kappa shape index (κ2) is 5.93. The summed E-state index contributed by atoms with van der Waals surface area (Å²) in [5, 5.41) is 15.0. The zero-order valence-corrected chi connectivity index (χ0v) is 12.4. The molecule has 0 aromatic carbocycles. The summed E-state index contributed by atoms with van der Waals surface area (Å²) < 4.78 is 22.6. The first-order chi connectivity index (χ1) is 8.68. The normalized spacial score (nSPS) is 17.6. The second-order valence-corrected chi connectivity index (χ2v) is 8.26. The predicted molar refractivity (Wildman–Crippen MR) is 65.3 cm³/mol. The third-order valence-corrected chi connectivity index (χ3v) is 6.19. The Hall–Kier alpha value is -0.760. The summed E-state index contributed by atoms with van der Waals surface area (Å²) in [7, 11) is -10.7. The molecule has 0 aliphatic heterocycles. The van der Waals surface area contributed by atoms with Gasteiger partial charge in [-0.05, 0) is 5.92 Å². The lowest BCUT2D eigenvalue weighted by Gasteiger charge is -2.35. The SMILES string of the molecule is CC(C)C(CC(C(=O)O)P(=O)(O)O)(C(=O)O)P(=O)(O)O. The van der Waals surface area contributed by atoms with Crippen molar-refractivity contribution in [3.63, 3.8) is 0 Å². The maximum absolute atomic E-state index is 11.5. The van der Waals surface area contributed by atoms with E-state index in [0.29, 0.717) is 0 Å². The summed E-state index contributed by atoms with van der Waals surface area (Å²) in [5.74, 6) is -5.30. The Balaban J connectivity index is 6.07. The third kappa shape index (κ3) is 3.66. The van der Waals surface area contributed by atoms with Crippen LogP contribution in [0.25, 0.3) is 0 Å². The van der Waals surface area contributed by atoms with Crippen molar-refractivity contribution in [2.75, 3.05) is 0 Å². The van der Waals surface area contributed by atoms with Crippen LogP contribution in [0.4, 0.5) is 0 Å². The van der Waals surface area contributed by atoms with Gasteiger partial charge in [0.15, 0.2) is 10.8 Å². The van der Waals surface area contributed by atoms with Gasteiger partial charge in [-0.1, -0.05) is 13.8 Å². The second-order valence-electron chi connectivity index (χ2n) is 4.58. The largest absolute Gasteiger partial charge is 0.481 e. The van der Waals surface area contributed by atoms with Crippen LogP contribution >= 0.6 is 15.2 Å². The van der Waals surface area contributed by atoms with Crippen LogP contribution in [0.2, 0.25) is 0 Å². The highest BCUT2D eigenvalue weighted by Gasteiger charge is 2.60. The van der Waals surface area contributed by atoms with Crippen molar-refractivity contribution in [1.82, 2.24) is 0 Å². The summed E-state index contributed by atoms with van der Waals surface area (Å²) in [5.41, 5.74) is -2.52. The molecule has 0 rings (SSSR count). The van der Waals surface area contributed by atoms with Crippen molar-refractivity contribution < 1.29 is 48.5 Å². The van der Waals surface area contributed by atoms with Crippen LogP contribution in [-0.2, 0) is 18.7 Å². The van der Waals surface area contributed by atoms with E-state index < -0.39 is 50.3 Å². The average molecular weight is 334 g/mol. The molecule has 2 unspecified atom stereocenters. The number of carbonyl (C=O) groups is 2. The molecule has 0 aliphatic rings. The molecule has 0 fully saturated rings. The summed E-state index contributed by atoms with van der Waals surface area (Å²) in [6.45, 7) is 2.23. The zero-order chi connectivity index (χ0) is 16.5. The van der Waals surface area contributed by atoms with Gasteiger partial charge in [0.1, 0.15) is 0 Å². The summed E-state index contributed by atoms with van der Waals surface area (Å²) in [4.78, 5) is 58.5. The van der Waals surface area contributed by atoms with Crippen LogP contribution in [0, 0.1) is 5.92 Å². The van der Waals surface area contributed by atoms with E-state index in [0.717, 1.165) is 13.8 Å². The number of hydrogen-bond donors (Lipinski definition) is 6. The maximum atomic E-state index is 11.5. The number of aliphatic carboxylic acids is 2. The predicted octanol–water partition coefficient (Wildman–Crippen LogP) is -0.336. The summed E-state index contributed by atoms with van der Waals surface area (Å²) in [6.07, 6.45) is -1.39. The molecule has 10 nitrogen and oxygen atoms in total. The highest BCUT2D eigenvalue weighted by atomic mass is 31.2. The van der Waals surface area contributed by atoms with E-state index in [4.69, 9.17) is 20.0 Å². The molecule has 12 heteroatoms. The first-order valence-electron chi connectivity index (χ1n) is 5.25. The fourth-order valence-electron chi connectivity index (χ4n) is 1.79. The molecular weight excluding hydrogens is 318 g/mol. The lowest BCUT2D eigenvalue weighted by molar-refractivity contribution is -0.143. The Morgan fingerprint density at radius 2 is 1.45 bits per heavy atom. The number of rotatable bonds is 7. The molecule has 0 saturated carbocycles. The van der Waals surface area contributed by atoms with Gasteiger partial charge < -0.3 is 29.8 Å². The zero-order valence-electron chi connectivity index (χ0n) is 10.6. The van der Waals surface area contributed by atoms with Crippen LogP contribution in [0.15, 0.2) is 0 Å². The Labute approximate surface area is 113 Å². The molecule has 20 heavy (non-hydrogen) atoms. The van der Waals surface area contributed by atoms with Crippen molar-refractivity contribution in [3.05, 3.63) is 0 Å². The van der Waals surface area contributed by atoms with Crippen molar-refractivity contribution in [3.8, 4) is 0 Å². The van der Waals surface area contributed by atoms with Gasteiger partial charge in [-0.2, -0.15) is 0 Å². The highest BCUT2D eigenvalue weighted by Crippen LogP contribution is 2.60. The van der Waals surface area contributed by atoms with Crippen LogP contribution in [0.3, 0.4) is 0 Å². The van der Waals surface area contributed by atoms with E-state index in [1.807, 2.05) is 0 Å². The smallest absolute Gasteiger partial charge is 0.343 e. The average Bonchev–Trinajstić information content (AvgIpc) is 2.11. The van der Waals surface area contributed by atoms with Crippen LogP contribution in [0.5, 0.6) is 0 Å². The number of hydrogen-bond acceptors (Lipinski definition) is 4. The first kappa shape index (κ1) is 19.2. The molecular formula is C8H16O10P2. The Morgan fingerprint density at radius 1 is 1.05 bits per heavy atom. The van der Waals surface area contributed by atoms with Crippen molar-refractivity contribution in [2.45, 2.75) is 31.1 Å². The molecule has 0 amide bonds. The summed E-state index contributed by atoms with van der Waals surface area (Å²) in [6, 6.07) is 0. The van der Waals surface area contributed by atoms with E-state index in [1.54, 1.807) is 0 Å². The Kier molecular flexibility index (Phi) is 5.70.